The Kier molecular flexibility index (Phi) is 5.44. The smallest absolute Gasteiger partial charge is 0.234 e. The van der Waals surface area contributed by atoms with Crippen LogP contribution in [0.1, 0.15) is 13.8 Å². The number of hydrogen-bond acceptors (Lipinski definition) is 3. The molecule has 0 bridgehead atoms. The van der Waals surface area contributed by atoms with E-state index in [0.29, 0.717) is 10.8 Å². The summed E-state index contributed by atoms with van der Waals surface area (Å²) in [4.78, 5) is 11.6. The topological polar surface area (TPSA) is 55.1 Å². The fraction of sp³-hybridized carbons (Fsp3) is 0.417. The van der Waals surface area contributed by atoms with Crippen LogP contribution in [0.2, 0.25) is 5.02 Å². The summed E-state index contributed by atoms with van der Waals surface area (Å²) >= 11 is 7.03. The van der Waals surface area contributed by atoms with Crippen LogP contribution in [0, 0.1) is 5.82 Å². The van der Waals surface area contributed by atoms with Crippen molar-refractivity contribution in [2.45, 2.75) is 19.4 Å². The lowest BCUT2D eigenvalue weighted by molar-refractivity contribution is -0.113. The SMILES string of the molecule is CC(C)(N)CSCC(=O)Nc1ccc(Cl)cc1F. The Morgan fingerprint density at radius 2 is 2.22 bits per heavy atom. The molecule has 0 heterocycles. The van der Waals surface area contributed by atoms with E-state index in [1.165, 1.54) is 23.9 Å². The van der Waals surface area contributed by atoms with Gasteiger partial charge in [0.1, 0.15) is 5.82 Å². The van der Waals surface area contributed by atoms with Crippen LogP contribution >= 0.6 is 23.4 Å². The molecule has 3 N–H and O–H groups in total. The lowest BCUT2D eigenvalue weighted by atomic mass is 10.1. The van der Waals surface area contributed by atoms with E-state index in [1.54, 1.807) is 0 Å². The molecule has 0 aliphatic carbocycles. The number of carbonyl (C=O) groups excluding carboxylic acids is 1. The second-order valence-corrected chi connectivity index (χ2v) is 6.08. The molecule has 3 nitrogen and oxygen atoms in total. The van der Waals surface area contributed by atoms with E-state index in [2.05, 4.69) is 5.32 Å². The molecule has 0 aliphatic heterocycles. The minimum Gasteiger partial charge on any atom is -0.325 e. The number of carbonyl (C=O) groups is 1. The molecule has 1 amide bonds. The van der Waals surface area contributed by atoms with Gasteiger partial charge in [-0.3, -0.25) is 4.79 Å². The van der Waals surface area contributed by atoms with Gasteiger partial charge in [0.15, 0.2) is 0 Å². The molecular formula is C12H16ClFN2OS. The molecule has 0 atom stereocenters. The third kappa shape index (κ3) is 5.71. The number of thioether (sulfide) groups is 1. The minimum atomic E-state index is -0.542. The summed E-state index contributed by atoms with van der Waals surface area (Å²) in [6, 6.07) is 4.12. The highest BCUT2D eigenvalue weighted by Crippen LogP contribution is 2.19. The Bertz CT molecular complexity index is 435. The Morgan fingerprint density at radius 3 is 2.78 bits per heavy atom. The molecular weight excluding hydrogens is 275 g/mol. The number of benzene rings is 1. The maximum absolute atomic E-state index is 13.4. The highest BCUT2D eigenvalue weighted by Gasteiger charge is 2.12. The Labute approximate surface area is 115 Å². The normalized spacial score (nSPS) is 11.4. The lowest BCUT2D eigenvalue weighted by Crippen LogP contribution is -2.35. The summed E-state index contributed by atoms with van der Waals surface area (Å²) in [6.45, 7) is 3.77. The maximum Gasteiger partial charge on any atom is 0.234 e. The van der Waals surface area contributed by atoms with Crippen LogP contribution in [0.15, 0.2) is 18.2 Å². The zero-order valence-electron chi connectivity index (χ0n) is 10.3. The lowest BCUT2D eigenvalue weighted by Gasteiger charge is -2.17. The molecule has 1 aromatic rings. The van der Waals surface area contributed by atoms with Gasteiger partial charge in [0.2, 0.25) is 5.91 Å². The van der Waals surface area contributed by atoms with E-state index in [1.807, 2.05) is 13.8 Å². The molecule has 0 saturated heterocycles. The number of anilines is 1. The molecule has 0 radical (unpaired) electrons. The average molecular weight is 291 g/mol. The average Bonchev–Trinajstić information content (AvgIpc) is 2.20. The number of rotatable bonds is 5. The van der Waals surface area contributed by atoms with Crippen molar-refractivity contribution in [3.05, 3.63) is 29.0 Å². The van der Waals surface area contributed by atoms with Gasteiger partial charge in [-0.05, 0) is 32.0 Å². The fourth-order valence-corrected chi connectivity index (χ4v) is 2.23. The van der Waals surface area contributed by atoms with Crippen molar-refractivity contribution in [1.29, 1.82) is 0 Å². The van der Waals surface area contributed by atoms with Crippen molar-refractivity contribution in [2.24, 2.45) is 5.73 Å². The van der Waals surface area contributed by atoms with Gasteiger partial charge in [-0.25, -0.2) is 4.39 Å². The molecule has 0 saturated carbocycles. The molecule has 0 aromatic heterocycles. The number of nitrogens with two attached hydrogens (primary N) is 1. The summed E-state index contributed by atoms with van der Waals surface area (Å²) in [7, 11) is 0. The van der Waals surface area contributed by atoms with Crippen molar-refractivity contribution in [1.82, 2.24) is 0 Å². The number of halogens is 2. The largest absolute Gasteiger partial charge is 0.325 e. The monoisotopic (exact) mass is 290 g/mol. The van der Waals surface area contributed by atoms with Gasteiger partial charge in [0, 0.05) is 16.3 Å². The molecule has 1 aromatic carbocycles. The van der Waals surface area contributed by atoms with Crippen LogP contribution < -0.4 is 11.1 Å². The van der Waals surface area contributed by atoms with Crippen molar-refractivity contribution >= 4 is 35.0 Å². The Hall–Kier alpha value is -0.780. The van der Waals surface area contributed by atoms with E-state index in [0.717, 1.165) is 6.07 Å². The van der Waals surface area contributed by atoms with E-state index < -0.39 is 5.82 Å². The third-order valence-electron chi connectivity index (χ3n) is 1.91. The predicted octanol–water partition coefficient (Wildman–Crippen LogP) is 2.89. The first-order chi connectivity index (χ1) is 8.28. The van der Waals surface area contributed by atoms with Crippen LogP contribution in [0.3, 0.4) is 0 Å². The Morgan fingerprint density at radius 1 is 1.56 bits per heavy atom. The fourth-order valence-electron chi connectivity index (χ4n) is 1.18. The van der Waals surface area contributed by atoms with Crippen molar-refractivity contribution < 1.29 is 9.18 Å². The minimum absolute atomic E-state index is 0.136. The van der Waals surface area contributed by atoms with Crippen LogP contribution in [-0.4, -0.2) is 23.0 Å². The second-order valence-electron chi connectivity index (χ2n) is 4.65. The first-order valence-corrected chi connectivity index (χ1v) is 6.93. The van der Waals surface area contributed by atoms with E-state index in [4.69, 9.17) is 17.3 Å². The first-order valence-electron chi connectivity index (χ1n) is 5.39. The number of nitrogens with one attached hydrogen (secondary N) is 1. The molecule has 0 spiro atoms. The van der Waals surface area contributed by atoms with Gasteiger partial charge in [0.25, 0.3) is 0 Å². The Balaban J connectivity index is 2.45. The van der Waals surface area contributed by atoms with Gasteiger partial charge in [-0.2, -0.15) is 11.8 Å². The van der Waals surface area contributed by atoms with Gasteiger partial charge in [-0.1, -0.05) is 11.6 Å². The van der Waals surface area contributed by atoms with Gasteiger partial charge in [-0.15, -0.1) is 0 Å². The summed E-state index contributed by atoms with van der Waals surface area (Å²) in [6.07, 6.45) is 0. The molecule has 6 heteroatoms. The highest BCUT2D eigenvalue weighted by atomic mass is 35.5. The van der Waals surface area contributed by atoms with E-state index in [-0.39, 0.29) is 22.9 Å². The predicted molar refractivity (Wildman–Crippen MR) is 75.6 cm³/mol. The molecule has 0 unspecified atom stereocenters. The van der Waals surface area contributed by atoms with E-state index >= 15 is 0 Å². The molecule has 100 valence electrons. The molecule has 0 fully saturated rings. The second kappa shape index (κ2) is 6.41. The van der Waals surface area contributed by atoms with Gasteiger partial charge >= 0.3 is 0 Å². The van der Waals surface area contributed by atoms with Crippen LogP contribution in [0.4, 0.5) is 10.1 Å². The molecule has 1 rings (SSSR count). The number of hydrogen-bond donors (Lipinski definition) is 2. The standard InChI is InChI=1S/C12H16ClFN2OS/c1-12(2,15)7-18-6-11(17)16-10-4-3-8(13)5-9(10)14/h3-5H,6-7,15H2,1-2H3,(H,16,17). The first kappa shape index (κ1) is 15.3. The zero-order chi connectivity index (χ0) is 13.8. The van der Waals surface area contributed by atoms with Crippen molar-refractivity contribution in [3.63, 3.8) is 0 Å². The van der Waals surface area contributed by atoms with Crippen LogP contribution in [0.5, 0.6) is 0 Å². The van der Waals surface area contributed by atoms with Gasteiger partial charge < -0.3 is 11.1 Å². The summed E-state index contributed by atoms with van der Waals surface area (Å²) in [5, 5.41) is 2.79. The molecule has 18 heavy (non-hydrogen) atoms. The molecule has 0 aliphatic rings. The van der Waals surface area contributed by atoms with Crippen LogP contribution in [-0.2, 0) is 4.79 Å². The van der Waals surface area contributed by atoms with Crippen molar-refractivity contribution in [2.75, 3.05) is 16.8 Å². The summed E-state index contributed by atoms with van der Waals surface area (Å²) < 4.78 is 13.4. The quantitative estimate of drug-likeness (QED) is 0.877. The highest BCUT2D eigenvalue weighted by molar-refractivity contribution is 8.00. The summed E-state index contributed by atoms with van der Waals surface area (Å²) in [5.74, 6) is 0.0946. The van der Waals surface area contributed by atoms with Gasteiger partial charge in [0.05, 0.1) is 11.4 Å². The van der Waals surface area contributed by atoms with Crippen LogP contribution in [0.25, 0.3) is 0 Å². The maximum atomic E-state index is 13.4. The van der Waals surface area contributed by atoms with Crippen molar-refractivity contribution in [3.8, 4) is 0 Å². The number of amides is 1. The third-order valence-corrected chi connectivity index (χ3v) is 3.56. The zero-order valence-corrected chi connectivity index (χ0v) is 11.9. The summed E-state index contributed by atoms with van der Waals surface area (Å²) in [5.41, 5.74) is 5.60. The van der Waals surface area contributed by atoms with E-state index in [9.17, 15) is 9.18 Å².